The fourth-order valence-corrected chi connectivity index (χ4v) is 3.63. The van der Waals surface area contributed by atoms with Crippen LogP contribution in [0.1, 0.15) is 12.0 Å². The molecule has 1 saturated heterocycles. The first-order chi connectivity index (χ1) is 7.66. The summed E-state index contributed by atoms with van der Waals surface area (Å²) in [6.07, 6.45) is 5.21. The topological polar surface area (TPSA) is 59.1 Å². The van der Waals surface area contributed by atoms with Gasteiger partial charge >= 0.3 is 0 Å². The highest BCUT2D eigenvalue weighted by atomic mass is 32.2. The minimum Gasteiger partial charge on any atom is -0.313 e. The number of nitrogens with one attached hydrogen (secondary N) is 1. The molecule has 0 spiro atoms. The highest BCUT2D eigenvalue weighted by Gasteiger charge is 2.26. The maximum Gasteiger partial charge on any atom is 0.151 e. The second-order valence-electron chi connectivity index (χ2n) is 4.16. The summed E-state index contributed by atoms with van der Waals surface area (Å²) < 4.78 is 22.5. The molecule has 2 heterocycles. The van der Waals surface area contributed by atoms with Crippen molar-refractivity contribution in [2.45, 2.75) is 18.9 Å². The van der Waals surface area contributed by atoms with Crippen molar-refractivity contribution >= 4 is 9.84 Å². The third-order valence-corrected chi connectivity index (χ3v) is 4.60. The van der Waals surface area contributed by atoms with Gasteiger partial charge in [0.15, 0.2) is 9.84 Å². The monoisotopic (exact) mass is 240 g/mol. The van der Waals surface area contributed by atoms with Gasteiger partial charge < -0.3 is 5.32 Å². The van der Waals surface area contributed by atoms with E-state index in [9.17, 15) is 8.42 Å². The molecule has 1 N–H and O–H groups in total. The third kappa shape index (κ3) is 3.28. The zero-order chi connectivity index (χ0) is 11.4. The Bertz CT molecular complexity index is 431. The molecule has 1 fully saturated rings. The van der Waals surface area contributed by atoms with Gasteiger partial charge in [0.1, 0.15) is 0 Å². The average Bonchev–Trinajstić information content (AvgIpc) is 2.60. The fraction of sp³-hybridized carbons (Fsp3) is 0.545. The van der Waals surface area contributed by atoms with Crippen molar-refractivity contribution in [2.24, 2.45) is 0 Å². The van der Waals surface area contributed by atoms with Crippen molar-refractivity contribution in [1.29, 1.82) is 0 Å². The lowest BCUT2D eigenvalue weighted by Crippen LogP contribution is -2.31. The zero-order valence-corrected chi connectivity index (χ0v) is 9.91. The van der Waals surface area contributed by atoms with Crippen LogP contribution in [0.2, 0.25) is 0 Å². The van der Waals surface area contributed by atoms with E-state index in [0.29, 0.717) is 11.5 Å². The van der Waals surface area contributed by atoms with E-state index in [-0.39, 0.29) is 6.04 Å². The number of pyridine rings is 1. The average molecular weight is 240 g/mol. The van der Waals surface area contributed by atoms with E-state index in [1.807, 2.05) is 12.1 Å². The third-order valence-electron chi connectivity index (χ3n) is 2.83. The molecule has 16 heavy (non-hydrogen) atoms. The van der Waals surface area contributed by atoms with Crippen LogP contribution in [0.4, 0.5) is 0 Å². The molecule has 0 amide bonds. The van der Waals surface area contributed by atoms with Gasteiger partial charge in [0, 0.05) is 18.4 Å². The van der Waals surface area contributed by atoms with E-state index in [0.717, 1.165) is 19.4 Å². The second kappa shape index (κ2) is 4.93. The van der Waals surface area contributed by atoms with E-state index >= 15 is 0 Å². The molecule has 2 rings (SSSR count). The second-order valence-corrected chi connectivity index (χ2v) is 6.39. The highest BCUT2D eigenvalue weighted by molar-refractivity contribution is 7.91. The predicted octanol–water partition coefficient (Wildman–Crippen LogP) is 0.401. The van der Waals surface area contributed by atoms with Crippen LogP contribution in [0.15, 0.2) is 24.5 Å². The molecule has 1 aliphatic rings. The standard InChI is InChI=1S/C11H16N2O2S/c14-16(15)8-4-11(9-16)13-7-3-10-1-5-12-6-2-10/h1-2,5-6,11,13H,3-4,7-9H2. The van der Waals surface area contributed by atoms with Crippen LogP contribution in [-0.2, 0) is 16.3 Å². The maximum atomic E-state index is 11.2. The molecule has 1 unspecified atom stereocenters. The molecule has 1 aromatic rings. The quantitative estimate of drug-likeness (QED) is 0.827. The van der Waals surface area contributed by atoms with Crippen LogP contribution >= 0.6 is 0 Å². The molecule has 88 valence electrons. The number of rotatable bonds is 4. The van der Waals surface area contributed by atoms with Gasteiger partial charge in [-0.2, -0.15) is 0 Å². The molecule has 0 bridgehead atoms. The summed E-state index contributed by atoms with van der Waals surface area (Å²) in [6, 6.07) is 4.10. The first-order valence-electron chi connectivity index (χ1n) is 5.48. The summed E-state index contributed by atoms with van der Waals surface area (Å²) in [5, 5.41) is 3.29. The van der Waals surface area contributed by atoms with Crippen molar-refractivity contribution < 1.29 is 8.42 Å². The van der Waals surface area contributed by atoms with Gasteiger partial charge in [-0.1, -0.05) is 0 Å². The Balaban J connectivity index is 1.74. The molecular weight excluding hydrogens is 224 g/mol. The predicted molar refractivity (Wildman–Crippen MR) is 63.0 cm³/mol. The van der Waals surface area contributed by atoms with Crippen LogP contribution in [0, 0.1) is 0 Å². The van der Waals surface area contributed by atoms with Gasteiger partial charge in [0.2, 0.25) is 0 Å². The normalized spacial score (nSPS) is 23.4. The van der Waals surface area contributed by atoms with Crippen molar-refractivity contribution in [3.8, 4) is 0 Å². The van der Waals surface area contributed by atoms with E-state index in [4.69, 9.17) is 0 Å². The first kappa shape index (κ1) is 11.5. The van der Waals surface area contributed by atoms with E-state index in [1.165, 1.54) is 5.56 Å². The Morgan fingerprint density at radius 3 is 2.75 bits per heavy atom. The fourth-order valence-electron chi connectivity index (χ4n) is 1.93. The van der Waals surface area contributed by atoms with Gasteiger partial charge in [-0.05, 0) is 37.1 Å². The number of aromatic nitrogens is 1. The number of hydrogen-bond acceptors (Lipinski definition) is 4. The summed E-state index contributed by atoms with van der Waals surface area (Å²) in [5.74, 6) is 0.628. The van der Waals surface area contributed by atoms with Gasteiger partial charge in [-0.25, -0.2) is 8.42 Å². The molecule has 0 aromatic carbocycles. The van der Waals surface area contributed by atoms with Crippen molar-refractivity contribution in [2.75, 3.05) is 18.1 Å². The number of hydrogen-bond donors (Lipinski definition) is 1. The van der Waals surface area contributed by atoms with Gasteiger partial charge in [-0.15, -0.1) is 0 Å². The SMILES string of the molecule is O=S1(=O)CCC(NCCc2ccncc2)C1. The molecule has 0 saturated carbocycles. The maximum absolute atomic E-state index is 11.2. The Labute approximate surface area is 96.0 Å². The van der Waals surface area contributed by atoms with Crippen LogP contribution in [-0.4, -0.2) is 37.5 Å². The lowest BCUT2D eigenvalue weighted by atomic mass is 10.2. The minimum absolute atomic E-state index is 0.145. The lowest BCUT2D eigenvalue weighted by molar-refractivity contribution is 0.557. The summed E-state index contributed by atoms with van der Waals surface area (Å²) in [5.41, 5.74) is 1.23. The van der Waals surface area contributed by atoms with Crippen LogP contribution in [0.5, 0.6) is 0 Å². The molecule has 1 aromatic heterocycles. The molecule has 1 atom stereocenters. The van der Waals surface area contributed by atoms with E-state index in [1.54, 1.807) is 12.4 Å². The zero-order valence-electron chi connectivity index (χ0n) is 9.09. The molecule has 5 heteroatoms. The largest absolute Gasteiger partial charge is 0.313 e. The summed E-state index contributed by atoms with van der Waals surface area (Å²) in [7, 11) is -2.76. The van der Waals surface area contributed by atoms with E-state index < -0.39 is 9.84 Å². The summed E-state index contributed by atoms with van der Waals surface area (Å²) in [6.45, 7) is 0.824. The highest BCUT2D eigenvalue weighted by Crippen LogP contribution is 2.11. The number of sulfone groups is 1. The lowest BCUT2D eigenvalue weighted by Gasteiger charge is -2.10. The molecular formula is C11H16N2O2S. The Morgan fingerprint density at radius 2 is 2.12 bits per heavy atom. The molecule has 1 aliphatic heterocycles. The minimum atomic E-state index is -2.76. The van der Waals surface area contributed by atoms with Gasteiger partial charge in [-0.3, -0.25) is 4.98 Å². The van der Waals surface area contributed by atoms with Crippen LogP contribution in [0.3, 0.4) is 0 Å². The molecule has 0 aliphatic carbocycles. The molecule has 0 radical (unpaired) electrons. The van der Waals surface area contributed by atoms with E-state index in [2.05, 4.69) is 10.3 Å². The van der Waals surface area contributed by atoms with Gasteiger partial charge in [0.25, 0.3) is 0 Å². The Hall–Kier alpha value is -0.940. The number of nitrogens with zero attached hydrogens (tertiary/aromatic N) is 1. The van der Waals surface area contributed by atoms with Gasteiger partial charge in [0.05, 0.1) is 11.5 Å². The Morgan fingerprint density at radius 1 is 1.38 bits per heavy atom. The smallest absolute Gasteiger partial charge is 0.151 e. The Kier molecular flexibility index (Phi) is 3.56. The van der Waals surface area contributed by atoms with Crippen LogP contribution in [0.25, 0.3) is 0 Å². The first-order valence-corrected chi connectivity index (χ1v) is 7.30. The molecule has 4 nitrogen and oxygen atoms in total. The van der Waals surface area contributed by atoms with Crippen molar-refractivity contribution in [1.82, 2.24) is 10.3 Å². The summed E-state index contributed by atoms with van der Waals surface area (Å²) in [4.78, 5) is 3.95. The van der Waals surface area contributed by atoms with Crippen molar-refractivity contribution in [3.05, 3.63) is 30.1 Å². The van der Waals surface area contributed by atoms with Crippen LogP contribution < -0.4 is 5.32 Å². The summed E-state index contributed by atoms with van der Waals surface area (Å²) >= 11 is 0. The van der Waals surface area contributed by atoms with Crippen molar-refractivity contribution in [3.63, 3.8) is 0 Å².